The van der Waals surface area contributed by atoms with Crippen LogP contribution in [0.15, 0.2) is 36.1 Å². The average Bonchev–Trinajstić information content (AvgIpc) is 2.19. The molecule has 1 aromatic rings. The predicted molar refractivity (Wildman–Crippen MR) is 60.2 cm³/mol. The molecule has 0 unspecified atom stereocenters. The zero-order valence-electron chi connectivity index (χ0n) is 8.71. The highest BCUT2D eigenvalue weighted by atomic mass is 16.3. The zero-order valence-corrected chi connectivity index (χ0v) is 8.71. The summed E-state index contributed by atoms with van der Waals surface area (Å²) in [6, 6.07) is 4.24. The smallest absolute Gasteiger partial charge is 0.157 e. The molecule has 1 rings (SSSR count). The maximum atomic E-state index is 10.6. The monoisotopic (exact) mass is 220 g/mol. The van der Waals surface area contributed by atoms with Crippen molar-refractivity contribution in [3.63, 3.8) is 0 Å². The van der Waals surface area contributed by atoms with Crippen LogP contribution in [0, 0.1) is 0 Å². The molecule has 0 radical (unpaired) electrons. The lowest BCUT2D eigenvalue weighted by molar-refractivity contribution is -0.112. The van der Waals surface area contributed by atoms with Crippen molar-refractivity contribution in [2.45, 2.75) is 6.92 Å². The molecule has 0 aliphatic carbocycles. The molecule has 1 aromatic carbocycles. The van der Waals surface area contributed by atoms with E-state index in [4.69, 9.17) is 5.11 Å². The lowest BCUT2D eigenvalue weighted by Crippen LogP contribution is -1.84. The van der Waals surface area contributed by atoms with Crippen LogP contribution < -0.4 is 0 Å². The van der Waals surface area contributed by atoms with Gasteiger partial charge in [0.1, 0.15) is 5.76 Å². The fourth-order valence-electron chi connectivity index (χ4n) is 1.08. The van der Waals surface area contributed by atoms with Crippen LogP contribution in [-0.4, -0.2) is 21.1 Å². The molecule has 4 nitrogen and oxygen atoms in total. The highest BCUT2D eigenvalue weighted by molar-refractivity contribution is 5.88. The van der Waals surface area contributed by atoms with Gasteiger partial charge in [-0.2, -0.15) is 0 Å². The van der Waals surface area contributed by atoms with Gasteiger partial charge in [0.25, 0.3) is 0 Å². The number of hydrogen-bond acceptors (Lipinski definition) is 4. The van der Waals surface area contributed by atoms with E-state index in [1.165, 1.54) is 31.2 Å². The van der Waals surface area contributed by atoms with Crippen LogP contribution in [0.2, 0.25) is 0 Å². The molecule has 16 heavy (non-hydrogen) atoms. The van der Waals surface area contributed by atoms with Gasteiger partial charge in [0.15, 0.2) is 17.3 Å². The fraction of sp³-hybridized carbons (Fsp3) is 0.0833. The van der Waals surface area contributed by atoms with E-state index < -0.39 is 0 Å². The van der Waals surface area contributed by atoms with Crippen molar-refractivity contribution in [3.05, 3.63) is 41.7 Å². The van der Waals surface area contributed by atoms with E-state index in [1.54, 1.807) is 6.07 Å². The van der Waals surface area contributed by atoms with Gasteiger partial charge in [0.05, 0.1) is 0 Å². The Morgan fingerprint density at radius 1 is 1.25 bits per heavy atom. The molecule has 0 bridgehead atoms. The van der Waals surface area contributed by atoms with Crippen LogP contribution in [0.4, 0.5) is 0 Å². The average molecular weight is 220 g/mol. The molecule has 0 aliphatic heterocycles. The molecule has 3 N–H and O–H groups in total. The number of carbonyl (C=O) groups is 1. The first-order valence-corrected chi connectivity index (χ1v) is 4.60. The lowest BCUT2D eigenvalue weighted by Gasteiger charge is -1.98. The van der Waals surface area contributed by atoms with Gasteiger partial charge in [-0.15, -0.1) is 0 Å². The molecule has 0 aliphatic rings. The van der Waals surface area contributed by atoms with Crippen molar-refractivity contribution < 1.29 is 20.1 Å². The Bertz CT molecular complexity index is 458. The van der Waals surface area contributed by atoms with E-state index in [0.29, 0.717) is 5.56 Å². The van der Waals surface area contributed by atoms with Gasteiger partial charge in [-0.3, -0.25) is 4.79 Å². The van der Waals surface area contributed by atoms with Crippen molar-refractivity contribution in [2.75, 3.05) is 0 Å². The summed E-state index contributed by atoms with van der Waals surface area (Å²) >= 11 is 0. The third-order valence-electron chi connectivity index (χ3n) is 1.80. The largest absolute Gasteiger partial charge is 0.508 e. The van der Waals surface area contributed by atoms with E-state index >= 15 is 0 Å². The first kappa shape index (κ1) is 11.8. The van der Waals surface area contributed by atoms with E-state index in [9.17, 15) is 15.0 Å². The number of ketones is 1. The number of aromatic hydroxyl groups is 2. The maximum absolute atomic E-state index is 10.6. The highest BCUT2D eigenvalue weighted by Crippen LogP contribution is 2.25. The minimum atomic E-state index is -0.254. The SMILES string of the molecule is CC(=O)/C=C(O)/C=C\c1ccc(O)c(O)c1. The molecular formula is C12H12O4. The first-order valence-electron chi connectivity index (χ1n) is 4.60. The molecule has 4 heteroatoms. The number of rotatable bonds is 3. The lowest BCUT2D eigenvalue weighted by atomic mass is 10.2. The van der Waals surface area contributed by atoms with Gasteiger partial charge in [0.2, 0.25) is 0 Å². The number of allylic oxidation sites excluding steroid dienone is 2. The Labute approximate surface area is 92.8 Å². The molecule has 0 fully saturated rings. The predicted octanol–water partition coefficient (Wildman–Crippen LogP) is 2.14. The van der Waals surface area contributed by atoms with Gasteiger partial charge in [-0.05, 0) is 30.7 Å². The van der Waals surface area contributed by atoms with E-state index in [0.717, 1.165) is 6.08 Å². The second-order valence-electron chi connectivity index (χ2n) is 3.26. The summed E-state index contributed by atoms with van der Waals surface area (Å²) in [5.41, 5.74) is 0.596. The quantitative estimate of drug-likeness (QED) is 0.315. The Morgan fingerprint density at radius 3 is 2.50 bits per heavy atom. The van der Waals surface area contributed by atoms with Crippen LogP contribution in [-0.2, 0) is 4.79 Å². The zero-order chi connectivity index (χ0) is 12.1. The third kappa shape index (κ3) is 3.49. The first-order chi connectivity index (χ1) is 7.49. The summed E-state index contributed by atoms with van der Waals surface area (Å²) in [7, 11) is 0. The number of carbonyl (C=O) groups excluding carboxylic acids is 1. The Balaban J connectivity index is 2.84. The molecular weight excluding hydrogens is 208 g/mol. The number of hydrogen-bond donors (Lipinski definition) is 3. The minimum Gasteiger partial charge on any atom is -0.508 e. The molecule has 0 amide bonds. The van der Waals surface area contributed by atoms with E-state index in [-0.39, 0.29) is 23.0 Å². The van der Waals surface area contributed by atoms with Crippen LogP contribution >= 0.6 is 0 Å². The second kappa shape index (κ2) is 5.02. The van der Waals surface area contributed by atoms with Crippen molar-refractivity contribution in [3.8, 4) is 11.5 Å². The highest BCUT2D eigenvalue weighted by Gasteiger charge is 1.98. The molecule has 0 atom stereocenters. The number of aliphatic hydroxyl groups excluding tert-OH is 1. The molecule has 0 aromatic heterocycles. The Hall–Kier alpha value is -2.23. The van der Waals surface area contributed by atoms with E-state index in [1.807, 2.05) is 0 Å². The van der Waals surface area contributed by atoms with Gasteiger partial charge in [-0.25, -0.2) is 0 Å². The minimum absolute atomic E-state index is 0.167. The van der Waals surface area contributed by atoms with Crippen LogP contribution in [0.3, 0.4) is 0 Å². The molecule has 0 spiro atoms. The summed E-state index contributed by atoms with van der Waals surface area (Å²) in [6.07, 6.45) is 3.91. The van der Waals surface area contributed by atoms with Gasteiger partial charge >= 0.3 is 0 Å². The fourth-order valence-corrected chi connectivity index (χ4v) is 1.08. The summed E-state index contributed by atoms with van der Waals surface area (Å²) < 4.78 is 0. The summed E-state index contributed by atoms with van der Waals surface area (Å²) in [5.74, 6) is -0.867. The standard InChI is InChI=1S/C12H12O4/c1-8(13)6-10(14)4-2-9-3-5-11(15)12(16)7-9/h2-7,14-16H,1H3/b4-2-,10-6-. The van der Waals surface area contributed by atoms with E-state index in [2.05, 4.69) is 0 Å². The Morgan fingerprint density at radius 2 is 1.94 bits per heavy atom. The topological polar surface area (TPSA) is 77.8 Å². The number of benzene rings is 1. The van der Waals surface area contributed by atoms with Gasteiger partial charge < -0.3 is 15.3 Å². The summed E-state index contributed by atoms with van der Waals surface area (Å²) in [5, 5.41) is 27.5. The maximum Gasteiger partial charge on any atom is 0.157 e. The van der Waals surface area contributed by atoms with Gasteiger partial charge in [0, 0.05) is 6.08 Å². The van der Waals surface area contributed by atoms with Gasteiger partial charge in [-0.1, -0.05) is 12.1 Å². The molecule has 0 saturated carbocycles. The van der Waals surface area contributed by atoms with Crippen molar-refractivity contribution in [1.82, 2.24) is 0 Å². The molecule has 84 valence electrons. The van der Waals surface area contributed by atoms with Crippen LogP contribution in [0.25, 0.3) is 6.08 Å². The second-order valence-corrected chi connectivity index (χ2v) is 3.26. The summed E-state index contributed by atoms with van der Waals surface area (Å²) in [6.45, 7) is 1.33. The summed E-state index contributed by atoms with van der Waals surface area (Å²) in [4.78, 5) is 10.6. The Kier molecular flexibility index (Phi) is 3.72. The molecule has 0 heterocycles. The van der Waals surface area contributed by atoms with Crippen molar-refractivity contribution in [2.24, 2.45) is 0 Å². The number of aliphatic hydroxyl groups is 1. The van der Waals surface area contributed by atoms with Crippen LogP contribution in [0.5, 0.6) is 11.5 Å². The third-order valence-corrected chi connectivity index (χ3v) is 1.80. The van der Waals surface area contributed by atoms with Crippen molar-refractivity contribution >= 4 is 11.9 Å². The van der Waals surface area contributed by atoms with Crippen molar-refractivity contribution in [1.29, 1.82) is 0 Å². The number of phenols is 2. The number of phenolic OH excluding ortho intramolecular Hbond substituents is 2. The molecule has 0 saturated heterocycles. The van der Waals surface area contributed by atoms with Crippen LogP contribution in [0.1, 0.15) is 12.5 Å². The normalized spacial score (nSPS) is 11.9.